The number of benzene rings is 1. The largest absolute Gasteiger partial charge is 0.356 e. The number of rotatable bonds is 4. The van der Waals surface area contributed by atoms with Gasteiger partial charge in [-0.1, -0.05) is 36.9 Å². The van der Waals surface area contributed by atoms with Crippen molar-refractivity contribution in [3.05, 3.63) is 66.4 Å². The number of anilines is 1. The molecular formula is C14H17N. The lowest BCUT2D eigenvalue weighted by atomic mass is 10.2. The molecule has 0 unspecified atom stereocenters. The smallest absolute Gasteiger partial charge is 0.0386 e. The second kappa shape index (κ2) is 5.86. The molecule has 15 heavy (non-hydrogen) atoms. The first-order valence-electron chi connectivity index (χ1n) is 5.05. The summed E-state index contributed by atoms with van der Waals surface area (Å²) in [5, 5.41) is 3.33. The van der Waals surface area contributed by atoms with Crippen LogP contribution in [0.25, 0.3) is 0 Å². The van der Waals surface area contributed by atoms with Crippen molar-refractivity contribution in [3.63, 3.8) is 0 Å². The van der Waals surface area contributed by atoms with Crippen LogP contribution >= 0.6 is 0 Å². The van der Waals surface area contributed by atoms with Crippen LogP contribution in [-0.2, 0) is 0 Å². The van der Waals surface area contributed by atoms with Gasteiger partial charge < -0.3 is 5.32 Å². The topological polar surface area (TPSA) is 12.0 Å². The second-order valence-electron chi connectivity index (χ2n) is 3.33. The Kier molecular flexibility index (Phi) is 4.42. The molecule has 1 rings (SSSR count). The SMILES string of the molecule is C=C/C=C\C(=C/C)Nc1cccc(C)c1. The average molecular weight is 199 g/mol. The summed E-state index contributed by atoms with van der Waals surface area (Å²) in [6.45, 7) is 7.74. The van der Waals surface area contributed by atoms with Gasteiger partial charge in [-0.15, -0.1) is 0 Å². The Bertz CT molecular complexity index is 386. The van der Waals surface area contributed by atoms with Crippen LogP contribution in [0.15, 0.2) is 60.8 Å². The highest BCUT2D eigenvalue weighted by molar-refractivity contribution is 5.52. The van der Waals surface area contributed by atoms with Crippen molar-refractivity contribution in [1.29, 1.82) is 0 Å². The average Bonchev–Trinajstić information content (AvgIpc) is 2.24. The van der Waals surface area contributed by atoms with E-state index in [2.05, 4.69) is 37.0 Å². The van der Waals surface area contributed by atoms with E-state index in [0.29, 0.717) is 0 Å². The molecular weight excluding hydrogens is 182 g/mol. The van der Waals surface area contributed by atoms with Crippen LogP contribution < -0.4 is 5.32 Å². The molecule has 1 N–H and O–H groups in total. The van der Waals surface area contributed by atoms with E-state index in [4.69, 9.17) is 0 Å². The standard InChI is InChI=1S/C14H17N/c1-4-6-9-13(5-2)15-14-10-7-8-12(3)11-14/h4-11,15H,1H2,2-3H3/b9-6-,13-5+. The predicted octanol–water partition coefficient (Wildman–Crippen LogP) is 4.05. The Balaban J connectivity index is 2.76. The lowest BCUT2D eigenvalue weighted by Crippen LogP contribution is -1.96. The molecule has 0 amide bonds. The summed E-state index contributed by atoms with van der Waals surface area (Å²) in [5.74, 6) is 0. The van der Waals surface area contributed by atoms with Crippen LogP contribution in [-0.4, -0.2) is 0 Å². The molecule has 1 heteroatoms. The first-order valence-corrected chi connectivity index (χ1v) is 5.05. The van der Waals surface area contributed by atoms with Crippen LogP contribution in [0.4, 0.5) is 5.69 Å². The molecule has 1 aromatic rings. The normalized spacial score (nSPS) is 11.7. The summed E-state index contributed by atoms with van der Waals surface area (Å²) in [7, 11) is 0. The van der Waals surface area contributed by atoms with Crippen LogP contribution in [0.5, 0.6) is 0 Å². The third kappa shape index (κ3) is 3.86. The van der Waals surface area contributed by atoms with E-state index in [0.717, 1.165) is 11.4 Å². The molecule has 0 aliphatic heterocycles. The van der Waals surface area contributed by atoms with Gasteiger partial charge >= 0.3 is 0 Å². The highest BCUT2D eigenvalue weighted by Gasteiger charge is 1.93. The van der Waals surface area contributed by atoms with Gasteiger partial charge in [0, 0.05) is 11.4 Å². The molecule has 0 aliphatic carbocycles. The van der Waals surface area contributed by atoms with Crippen molar-refractivity contribution in [2.45, 2.75) is 13.8 Å². The summed E-state index contributed by atoms with van der Waals surface area (Å²) < 4.78 is 0. The molecule has 78 valence electrons. The summed E-state index contributed by atoms with van der Waals surface area (Å²) in [6, 6.07) is 8.30. The van der Waals surface area contributed by atoms with Gasteiger partial charge in [-0.05, 0) is 37.6 Å². The van der Waals surface area contributed by atoms with E-state index < -0.39 is 0 Å². The summed E-state index contributed by atoms with van der Waals surface area (Å²) in [6.07, 6.45) is 7.71. The van der Waals surface area contributed by atoms with E-state index in [1.165, 1.54) is 5.56 Å². The molecule has 0 fully saturated rings. The molecule has 0 bridgehead atoms. The fourth-order valence-corrected chi connectivity index (χ4v) is 1.27. The molecule has 0 aliphatic rings. The Hall–Kier alpha value is -1.76. The van der Waals surface area contributed by atoms with E-state index in [1.807, 2.05) is 31.2 Å². The Morgan fingerprint density at radius 2 is 2.20 bits per heavy atom. The molecule has 0 saturated heterocycles. The highest BCUT2D eigenvalue weighted by atomic mass is 14.9. The van der Waals surface area contributed by atoms with Crippen molar-refractivity contribution in [2.24, 2.45) is 0 Å². The monoisotopic (exact) mass is 199 g/mol. The highest BCUT2D eigenvalue weighted by Crippen LogP contribution is 2.12. The molecule has 0 radical (unpaired) electrons. The minimum absolute atomic E-state index is 1.07. The number of aryl methyl sites for hydroxylation is 1. The predicted molar refractivity (Wildman–Crippen MR) is 67.9 cm³/mol. The van der Waals surface area contributed by atoms with Crippen LogP contribution in [0, 0.1) is 6.92 Å². The Morgan fingerprint density at radius 1 is 1.40 bits per heavy atom. The third-order valence-corrected chi connectivity index (χ3v) is 2.03. The van der Waals surface area contributed by atoms with Gasteiger partial charge in [-0.25, -0.2) is 0 Å². The first-order chi connectivity index (χ1) is 7.26. The summed E-state index contributed by atoms with van der Waals surface area (Å²) >= 11 is 0. The fraction of sp³-hybridized carbons (Fsp3) is 0.143. The minimum atomic E-state index is 1.07. The van der Waals surface area contributed by atoms with E-state index in [9.17, 15) is 0 Å². The molecule has 1 nitrogen and oxygen atoms in total. The van der Waals surface area contributed by atoms with E-state index >= 15 is 0 Å². The molecule has 0 saturated carbocycles. The van der Waals surface area contributed by atoms with Gasteiger partial charge in [0.15, 0.2) is 0 Å². The minimum Gasteiger partial charge on any atom is -0.356 e. The number of hydrogen-bond acceptors (Lipinski definition) is 1. The molecule has 0 spiro atoms. The van der Waals surface area contributed by atoms with Crippen LogP contribution in [0.1, 0.15) is 12.5 Å². The lowest BCUT2D eigenvalue weighted by Gasteiger charge is -2.07. The zero-order valence-electron chi connectivity index (χ0n) is 9.33. The summed E-state index contributed by atoms with van der Waals surface area (Å²) in [4.78, 5) is 0. The van der Waals surface area contributed by atoms with Crippen LogP contribution in [0.2, 0.25) is 0 Å². The maximum atomic E-state index is 3.65. The zero-order chi connectivity index (χ0) is 11.1. The molecule has 1 aromatic carbocycles. The number of allylic oxidation sites excluding steroid dienone is 4. The maximum Gasteiger partial charge on any atom is 0.0386 e. The van der Waals surface area contributed by atoms with E-state index in [-0.39, 0.29) is 0 Å². The van der Waals surface area contributed by atoms with Gasteiger partial charge in [0.25, 0.3) is 0 Å². The van der Waals surface area contributed by atoms with Crippen molar-refractivity contribution >= 4 is 5.69 Å². The fourth-order valence-electron chi connectivity index (χ4n) is 1.27. The van der Waals surface area contributed by atoms with Gasteiger partial charge in [-0.2, -0.15) is 0 Å². The summed E-state index contributed by atoms with van der Waals surface area (Å²) in [5.41, 5.74) is 3.43. The second-order valence-corrected chi connectivity index (χ2v) is 3.33. The maximum absolute atomic E-state index is 3.65. The van der Waals surface area contributed by atoms with Gasteiger partial charge in [0.2, 0.25) is 0 Å². The van der Waals surface area contributed by atoms with Crippen molar-refractivity contribution in [2.75, 3.05) is 5.32 Å². The van der Waals surface area contributed by atoms with E-state index in [1.54, 1.807) is 6.08 Å². The zero-order valence-corrected chi connectivity index (χ0v) is 9.33. The van der Waals surface area contributed by atoms with Crippen molar-refractivity contribution < 1.29 is 0 Å². The molecule has 0 heterocycles. The molecule has 0 atom stereocenters. The van der Waals surface area contributed by atoms with Gasteiger partial charge in [-0.3, -0.25) is 0 Å². The van der Waals surface area contributed by atoms with Gasteiger partial charge in [0.1, 0.15) is 0 Å². The lowest BCUT2D eigenvalue weighted by molar-refractivity contribution is 1.40. The number of nitrogens with one attached hydrogen (secondary N) is 1. The van der Waals surface area contributed by atoms with Gasteiger partial charge in [0.05, 0.1) is 0 Å². The van der Waals surface area contributed by atoms with Crippen molar-refractivity contribution in [3.8, 4) is 0 Å². The van der Waals surface area contributed by atoms with Crippen molar-refractivity contribution in [1.82, 2.24) is 0 Å². The Labute approximate surface area is 91.8 Å². The molecule has 0 aromatic heterocycles. The third-order valence-electron chi connectivity index (χ3n) is 2.03. The first kappa shape index (κ1) is 11.3. The quantitative estimate of drug-likeness (QED) is 0.721. The van der Waals surface area contributed by atoms with Crippen LogP contribution in [0.3, 0.4) is 0 Å². The Morgan fingerprint density at radius 3 is 2.80 bits per heavy atom. The number of hydrogen-bond donors (Lipinski definition) is 1.